The van der Waals surface area contributed by atoms with E-state index in [2.05, 4.69) is 4.98 Å². The first-order valence-electron chi connectivity index (χ1n) is 5.51. The van der Waals surface area contributed by atoms with Crippen LogP contribution < -0.4 is 17.0 Å². The van der Waals surface area contributed by atoms with E-state index in [0.717, 1.165) is 5.56 Å². The summed E-state index contributed by atoms with van der Waals surface area (Å²) in [4.78, 5) is 24.8. The quantitative estimate of drug-likeness (QED) is 0.904. The summed E-state index contributed by atoms with van der Waals surface area (Å²) in [6, 6.07) is 6.32. The molecule has 2 aromatic rings. The number of anilines is 1. The van der Waals surface area contributed by atoms with Gasteiger partial charge in [-0.2, -0.15) is 0 Å². The van der Waals surface area contributed by atoms with Crippen molar-refractivity contribution in [1.82, 2.24) is 9.55 Å². The van der Waals surface area contributed by atoms with Gasteiger partial charge in [-0.3, -0.25) is 14.3 Å². The average Bonchev–Trinajstić information content (AvgIpc) is 2.30. The molecule has 1 heterocycles. The Balaban J connectivity index is 2.24. The Morgan fingerprint density at radius 3 is 2.58 bits per heavy atom. The second-order valence-electron chi connectivity index (χ2n) is 4.00. The molecule has 0 radical (unpaired) electrons. The van der Waals surface area contributed by atoms with E-state index in [1.54, 1.807) is 18.2 Å². The fraction of sp³-hybridized carbons (Fsp3) is 0.167. The number of aryl methyl sites for hydroxylation is 1. The molecule has 0 saturated carbocycles. The zero-order chi connectivity index (χ0) is 14.0. The number of nitrogens with one attached hydrogen (secondary N) is 1. The van der Waals surface area contributed by atoms with Gasteiger partial charge in [0.05, 0.1) is 0 Å². The Morgan fingerprint density at radius 2 is 1.95 bits per heavy atom. The molecule has 100 valence electrons. The van der Waals surface area contributed by atoms with Gasteiger partial charge in [-0.25, -0.2) is 4.79 Å². The first-order valence-corrected chi connectivity index (χ1v) is 6.26. The van der Waals surface area contributed by atoms with Crippen molar-refractivity contribution in [3.63, 3.8) is 0 Å². The molecule has 0 spiro atoms. The lowest BCUT2D eigenvalue weighted by molar-refractivity contribution is 0.655. The van der Waals surface area contributed by atoms with Crippen molar-refractivity contribution in [2.24, 2.45) is 0 Å². The van der Waals surface area contributed by atoms with E-state index < -0.39 is 11.2 Å². The van der Waals surface area contributed by atoms with Crippen LogP contribution >= 0.6 is 23.2 Å². The minimum absolute atomic E-state index is 0.124. The number of aromatic nitrogens is 2. The van der Waals surface area contributed by atoms with Crippen LogP contribution in [0, 0.1) is 0 Å². The normalized spacial score (nSPS) is 10.6. The zero-order valence-corrected chi connectivity index (χ0v) is 11.3. The minimum atomic E-state index is -0.532. The summed E-state index contributed by atoms with van der Waals surface area (Å²) < 4.78 is 1.28. The summed E-state index contributed by atoms with van der Waals surface area (Å²) in [5.41, 5.74) is 5.44. The van der Waals surface area contributed by atoms with E-state index in [-0.39, 0.29) is 5.82 Å². The molecule has 0 atom stereocenters. The first kappa shape index (κ1) is 13.7. The topological polar surface area (TPSA) is 80.9 Å². The van der Waals surface area contributed by atoms with Gasteiger partial charge in [0.15, 0.2) is 0 Å². The summed E-state index contributed by atoms with van der Waals surface area (Å²) in [5, 5.41) is 1.08. The lowest BCUT2D eigenvalue weighted by Crippen LogP contribution is -2.31. The molecular weight excluding hydrogens is 289 g/mol. The highest BCUT2D eigenvalue weighted by Gasteiger charge is 2.06. The molecule has 3 N–H and O–H groups in total. The lowest BCUT2D eigenvalue weighted by atomic mass is 10.1. The largest absolute Gasteiger partial charge is 0.385 e. The summed E-state index contributed by atoms with van der Waals surface area (Å²) >= 11 is 11.8. The van der Waals surface area contributed by atoms with Crippen LogP contribution in [0.5, 0.6) is 0 Å². The van der Waals surface area contributed by atoms with Crippen LogP contribution in [0.15, 0.2) is 33.9 Å². The number of aromatic amines is 1. The molecule has 0 fully saturated rings. The summed E-state index contributed by atoms with van der Waals surface area (Å²) in [6.45, 7) is 0.322. The molecule has 19 heavy (non-hydrogen) atoms. The van der Waals surface area contributed by atoms with Crippen molar-refractivity contribution in [2.45, 2.75) is 13.0 Å². The molecule has 0 aliphatic rings. The maximum Gasteiger partial charge on any atom is 0.329 e. The highest BCUT2D eigenvalue weighted by molar-refractivity contribution is 6.35. The predicted molar refractivity (Wildman–Crippen MR) is 75.9 cm³/mol. The lowest BCUT2D eigenvalue weighted by Gasteiger charge is -2.09. The summed E-state index contributed by atoms with van der Waals surface area (Å²) in [7, 11) is 0. The average molecular weight is 300 g/mol. The van der Waals surface area contributed by atoms with Crippen LogP contribution in [0.3, 0.4) is 0 Å². The van der Waals surface area contributed by atoms with Crippen molar-refractivity contribution < 1.29 is 0 Å². The number of nitrogens with zero attached hydrogens (tertiary/aromatic N) is 1. The minimum Gasteiger partial charge on any atom is -0.385 e. The monoisotopic (exact) mass is 299 g/mol. The van der Waals surface area contributed by atoms with Crippen LogP contribution in [-0.2, 0) is 13.0 Å². The molecule has 7 heteroatoms. The Kier molecular flexibility index (Phi) is 3.97. The molecule has 0 unspecified atom stereocenters. The van der Waals surface area contributed by atoms with Crippen LogP contribution in [0.2, 0.25) is 10.0 Å². The van der Waals surface area contributed by atoms with E-state index in [1.165, 1.54) is 10.6 Å². The van der Waals surface area contributed by atoms with E-state index in [4.69, 9.17) is 28.9 Å². The van der Waals surface area contributed by atoms with E-state index >= 15 is 0 Å². The second-order valence-corrected chi connectivity index (χ2v) is 4.84. The molecule has 1 aromatic carbocycles. The number of nitrogens with two attached hydrogens (primary N) is 1. The number of halogens is 2. The molecule has 5 nitrogen and oxygen atoms in total. The third-order valence-electron chi connectivity index (χ3n) is 2.69. The number of nitrogen functional groups attached to an aromatic ring is 1. The third kappa shape index (κ3) is 3.19. The Hall–Kier alpha value is -1.72. The zero-order valence-electron chi connectivity index (χ0n) is 9.82. The van der Waals surface area contributed by atoms with Gasteiger partial charge in [-0.15, -0.1) is 0 Å². The van der Waals surface area contributed by atoms with Gasteiger partial charge in [-0.1, -0.05) is 29.3 Å². The number of hydrogen-bond donors (Lipinski definition) is 2. The number of H-pyrrole nitrogens is 1. The van der Waals surface area contributed by atoms with Crippen molar-refractivity contribution in [1.29, 1.82) is 0 Å². The molecular formula is C12H11Cl2N3O2. The number of rotatable bonds is 3. The highest BCUT2D eigenvalue weighted by Crippen LogP contribution is 2.21. The van der Waals surface area contributed by atoms with Gasteiger partial charge in [0.2, 0.25) is 0 Å². The smallest absolute Gasteiger partial charge is 0.329 e. The van der Waals surface area contributed by atoms with Gasteiger partial charge in [-0.05, 0) is 24.1 Å². The van der Waals surface area contributed by atoms with Crippen LogP contribution in [0.1, 0.15) is 5.56 Å². The molecule has 0 saturated heterocycles. The van der Waals surface area contributed by atoms with Gasteiger partial charge in [0.1, 0.15) is 5.82 Å². The molecule has 0 aliphatic carbocycles. The fourth-order valence-electron chi connectivity index (χ4n) is 1.73. The molecule has 1 aromatic heterocycles. The van der Waals surface area contributed by atoms with Crippen LogP contribution in [0.25, 0.3) is 0 Å². The molecule has 0 aliphatic heterocycles. The first-order chi connectivity index (χ1) is 8.97. The van der Waals surface area contributed by atoms with Crippen molar-refractivity contribution in [3.8, 4) is 0 Å². The summed E-state index contributed by atoms with van der Waals surface area (Å²) in [6.07, 6.45) is 0.506. The van der Waals surface area contributed by atoms with Crippen LogP contribution in [-0.4, -0.2) is 9.55 Å². The van der Waals surface area contributed by atoms with Gasteiger partial charge < -0.3 is 5.73 Å². The third-order valence-corrected chi connectivity index (χ3v) is 3.27. The van der Waals surface area contributed by atoms with E-state index in [1.807, 2.05) is 0 Å². The number of benzene rings is 1. The molecule has 0 bridgehead atoms. The summed E-state index contributed by atoms with van der Waals surface area (Å²) in [5.74, 6) is 0.124. The maximum atomic E-state index is 11.6. The Morgan fingerprint density at radius 1 is 1.21 bits per heavy atom. The standard InChI is InChI=1S/C12H11Cl2N3O2/c13-8-2-1-7(9(14)5-8)3-4-17-10(15)6-11(18)16-12(17)19/h1-2,5-6H,3-4,15H2,(H,16,18,19). The van der Waals surface area contributed by atoms with Crippen molar-refractivity contribution in [2.75, 3.05) is 5.73 Å². The predicted octanol–water partition coefficient (Wildman–Crippen LogP) is 1.67. The fourth-order valence-corrected chi connectivity index (χ4v) is 2.23. The Labute approximate surface area is 118 Å². The second kappa shape index (κ2) is 5.50. The molecule has 2 rings (SSSR count). The van der Waals surface area contributed by atoms with E-state index in [9.17, 15) is 9.59 Å². The van der Waals surface area contributed by atoms with Crippen molar-refractivity contribution in [3.05, 3.63) is 60.7 Å². The van der Waals surface area contributed by atoms with Gasteiger partial charge in [0.25, 0.3) is 5.56 Å². The van der Waals surface area contributed by atoms with Gasteiger partial charge >= 0.3 is 5.69 Å². The Bertz CT molecular complexity index is 722. The maximum absolute atomic E-state index is 11.6. The highest BCUT2D eigenvalue weighted by atomic mass is 35.5. The number of hydrogen-bond acceptors (Lipinski definition) is 3. The van der Waals surface area contributed by atoms with Crippen molar-refractivity contribution >= 4 is 29.0 Å². The van der Waals surface area contributed by atoms with E-state index in [0.29, 0.717) is 23.0 Å². The molecule has 0 amide bonds. The van der Waals surface area contributed by atoms with Gasteiger partial charge in [0, 0.05) is 22.7 Å². The van der Waals surface area contributed by atoms with Crippen LogP contribution in [0.4, 0.5) is 5.82 Å². The SMILES string of the molecule is Nc1cc(=O)[nH]c(=O)n1CCc1ccc(Cl)cc1Cl.